The Morgan fingerprint density at radius 3 is 2.31 bits per heavy atom. The molecule has 3 rings (SSSR count). The molecule has 136 valence electrons. The van der Waals surface area contributed by atoms with Crippen LogP contribution in [0.1, 0.15) is 27.6 Å². The van der Waals surface area contributed by atoms with Gasteiger partial charge in [-0.1, -0.05) is 18.2 Å². The van der Waals surface area contributed by atoms with Crippen molar-refractivity contribution in [2.75, 3.05) is 43.4 Å². The monoisotopic (exact) mass is 353 g/mol. The standard InChI is InChI=1S/C20H23N3O3/c1-2-26-20(25)16-8-9-18(17(21)14-16)22-10-12-23(13-11-22)19(24)15-6-4-3-5-7-15/h3-9,14H,2,10-13,21H2,1H3. The number of amides is 1. The van der Waals surface area contributed by atoms with E-state index in [-0.39, 0.29) is 11.9 Å². The van der Waals surface area contributed by atoms with E-state index in [0.29, 0.717) is 49.6 Å². The van der Waals surface area contributed by atoms with Gasteiger partial charge in [0.15, 0.2) is 0 Å². The predicted molar refractivity (Wildman–Crippen MR) is 101 cm³/mol. The van der Waals surface area contributed by atoms with E-state index in [1.165, 1.54) is 0 Å². The van der Waals surface area contributed by atoms with Crippen molar-refractivity contribution in [3.8, 4) is 0 Å². The SMILES string of the molecule is CCOC(=O)c1ccc(N2CCN(C(=O)c3ccccc3)CC2)c(N)c1. The Morgan fingerprint density at radius 1 is 1.00 bits per heavy atom. The Balaban J connectivity index is 1.65. The lowest BCUT2D eigenvalue weighted by atomic mass is 10.1. The summed E-state index contributed by atoms with van der Waals surface area (Å²) in [7, 11) is 0. The normalized spacial score (nSPS) is 14.2. The Morgan fingerprint density at radius 2 is 1.69 bits per heavy atom. The number of rotatable bonds is 4. The number of nitrogens with two attached hydrogens (primary N) is 1. The molecule has 6 nitrogen and oxygen atoms in total. The predicted octanol–water partition coefficient (Wildman–Crippen LogP) is 2.41. The summed E-state index contributed by atoms with van der Waals surface area (Å²) in [5.41, 5.74) is 8.72. The summed E-state index contributed by atoms with van der Waals surface area (Å²) >= 11 is 0. The number of hydrogen-bond donors (Lipinski definition) is 1. The van der Waals surface area contributed by atoms with Crippen molar-refractivity contribution in [1.82, 2.24) is 4.90 Å². The van der Waals surface area contributed by atoms with E-state index in [1.54, 1.807) is 19.1 Å². The van der Waals surface area contributed by atoms with E-state index in [9.17, 15) is 9.59 Å². The van der Waals surface area contributed by atoms with E-state index in [2.05, 4.69) is 4.90 Å². The molecule has 2 aromatic carbocycles. The van der Waals surface area contributed by atoms with Gasteiger partial charge in [0.1, 0.15) is 0 Å². The zero-order valence-corrected chi connectivity index (χ0v) is 14.9. The lowest BCUT2D eigenvalue weighted by Gasteiger charge is -2.36. The first-order valence-corrected chi connectivity index (χ1v) is 8.76. The molecule has 0 aromatic heterocycles. The minimum atomic E-state index is -0.371. The van der Waals surface area contributed by atoms with Crippen LogP contribution in [0.4, 0.5) is 11.4 Å². The molecule has 1 fully saturated rings. The lowest BCUT2D eigenvalue weighted by molar-refractivity contribution is 0.0526. The molecule has 2 N–H and O–H groups in total. The molecular formula is C20H23N3O3. The molecule has 0 unspecified atom stereocenters. The molecule has 0 saturated carbocycles. The van der Waals surface area contributed by atoms with Gasteiger partial charge in [0.25, 0.3) is 5.91 Å². The van der Waals surface area contributed by atoms with Gasteiger partial charge in [-0.15, -0.1) is 0 Å². The number of piperazine rings is 1. The minimum absolute atomic E-state index is 0.0517. The highest BCUT2D eigenvalue weighted by atomic mass is 16.5. The van der Waals surface area contributed by atoms with Crippen LogP contribution in [-0.2, 0) is 4.74 Å². The van der Waals surface area contributed by atoms with Crippen molar-refractivity contribution >= 4 is 23.3 Å². The van der Waals surface area contributed by atoms with E-state index in [4.69, 9.17) is 10.5 Å². The second kappa shape index (κ2) is 7.91. The second-order valence-corrected chi connectivity index (χ2v) is 6.14. The number of esters is 1. The number of benzene rings is 2. The van der Waals surface area contributed by atoms with Gasteiger partial charge >= 0.3 is 5.97 Å². The van der Waals surface area contributed by atoms with Crippen LogP contribution in [0.25, 0.3) is 0 Å². The molecule has 6 heteroatoms. The molecule has 1 aliphatic rings. The third-order valence-corrected chi connectivity index (χ3v) is 4.47. The van der Waals surface area contributed by atoms with Gasteiger partial charge in [0.05, 0.1) is 23.5 Å². The van der Waals surface area contributed by atoms with Crippen LogP contribution < -0.4 is 10.6 Å². The van der Waals surface area contributed by atoms with Gasteiger partial charge < -0.3 is 20.3 Å². The number of ether oxygens (including phenoxy) is 1. The maximum absolute atomic E-state index is 12.5. The third kappa shape index (κ3) is 3.79. The topological polar surface area (TPSA) is 75.9 Å². The summed E-state index contributed by atoms with van der Waals surface area (Å²) in [6.07, 6.45) is 0. The summed E-state index contributed by atoms with van der Waals surface area (Å²) in [5.74, 6) is -0.320. The first-order chi connectivity index (χ1) is 12.6. The number of carbonyl (C=O) groups excluding carboxylic acids is 2. The molecule has 2 aromatic rings. The maximum atomic E-state index is 12.5. The number of carbonyl (C=O) groups is 2. The summed E-state index contributed by atoms with van der Waals surface area (Å²) < 4.78 is 5.00. The minimum Gasteiger partial charge on any atom is -0.462 e. The molecular weight excluding hydrogens is 330 g/mol. The van der Waals surface area contributed by atoms with Crippen LogP contribution in [0.3, 0.4) is 0 Å². The molecule has 0 bridgehead atoms. The Bertz CT molecular complexity index is 784. The van der Waals surface area contributed by atoms with Crippen LogP contribution in [0, 0.1) is 0 Å². The summed E-state index contributed by atoms with van der Waals surface area (Å²) in [4.78, 5) is 28.3. The molecule has 26 heavy (non-hydrogen) atoms. The highest BCUT2D eigenvalue weighted by Crippen LogP contribution is 2.26. The van der Waals surface area contributed by atoms with E-state index < -0.39 is 0 Å². The van der Waals surface area contributed by atoms with Crippen molar-refractivity contribution in [2.24, 2.45) is 0 Å². The zero-order chi connectivity index (χ0) is 18.5. The van der Waals surface area contributed by atoms with Crippen molar-refractivity contribution < 1.29 is 14.3 Å². The van der Waals surface area contributed by atoms with Gasteiger partial charge in [-0.3, -0.25) is 4.79 Å². The lowest BCUT2D eigenvalue weighted by Crippen LogP contribution is -2.49. The molecule has 0 radical (unpaired) electrons. The van der Waals surface area contributed by atoms with Crippen LogP contribution in [0.5, 0.6) is 0 Å². The fourth-order valence-electron chi connectivity index (χ4n) is 3.10. The Kier molecular flexibility index (Phi) is 5.41. The Labute approximate surface area is 153 Å². The van der Waals surface area contributed by atoms with E-state index >= 15 is 0 Å². The van der Waals surface area contributed by atoms with E-state index in [0.717, 1.165) is 5.69 Å². The number of nitrogens with zero attached hydrogens (tertiary/aromatic N) is 2. The van der Waals surface area contributed by atoms with Crippen LogP contribution in [0.2, 0.25) is 0 Å². The largest absolute Gasteiger partial charge is 0.462 e. The Hall–Kier alpha value is -3.02. The molecule has 1 saturated heterocycles. The molecule has 0 spiro atoms. The third-order valence-electron chi connectivity index (χ3n) is 4.47. The highest BCUT2D eigenvalue weighted by molar-refractivity contribution is 5.94. The van der Waals surface area contributed by atoms with Gasteiger partial charge in [-0.05, 0) is 37.3 Å². The number of anilines is 2. The van der Waals surface area contributed by atoms with Crippen molar-refractivity contribution in [3.05, 3.63) is 59.7 Å². The zero-order valence-electron chi connectivity index (χ0n) is 14.9. The summed E-state index contributed by atoms with van der Waals surface area (Å²) in [6.45, 7) is 4.76. The molecule has 0 aliphatic carbocycles. The highest BCUT2D eigenvalue weighted by Gasteiger charge is 2.23. The fraction of sp³-hybridized carbons (Fsp3) is 0.300. The number of hydrogen-bond acceptors (Lipinski definition) is 5. The second-order valence-electron chi connectivity index (χ2n) is 6.14. The molecule has 0 atom stereocenters. The van der Waals surface area contributed by atoms with Gasteiger partial charge in [-0.25, -0.2) is 4.79 Å². The van der Waals surface area contributed by atoms with Crippen molar-refractivity contribution in [2.45, 2.75) is 6.92 Å². The van der Waals surface area contributed by atoms with E-state index in [1.807, 2.05) is 41.3 Å². The quantitative estimate of drug-likeness (QED) is 0.675. The van der Waals surface area contributed by atoms with Crippen LogP contribution >= 0.6 is 0 Å². The summed E-state index contributed by atoms with van der Waals surface area (Å²) in [5, 5.41) is 0. The van der Waals surface area contributed by atoms with Gasteiger partial charge in [-0.2, -0.15) is 0 Å². The van der Waals surface area contributed by atoms with Gasteiger partial charge in [0, 0.05) is 31.7 Å². The van der Waals surface area contributed by atoms with Crippen LogP contribution in [0.15, 0.2) is 48.5 Å². The first-order valence-electron chi connectivity index (χ1n) is 8.76. The first kappa shape index (κ1) is 17.8. The van der Waals surface area contributed by atoms with Gasteiger partial charge in [0.2, 0.25) is 0 Å². The number of nitrogen functional groups attached to an aromatic ring is 1. The van der Waals surface area contributed by atoms with Crippen molar-refractivity contribution in [1.29, 1.82) is 0 Å². The summed E-state index contributed by atoms with van der Waals surface area (Å²) in [6, 6.07) is 14.5. The average molecular weight is 353 g/mol. The van der Waals surface area contributed by atoms with Crippen molar-refractivity contribution in [3.63, 3.8) is 0 Å². The fourth-order valence-corrected chi connectivity index (χ4v) is 3.10. The molecule has 1 amide bonds. The average Bonchev–Trinajstić information content (AvgIpc) is 2.68. The molecule has 1 heterocycles. The smallest absolute Gasteiger partial charge is 0.338 e. The van der Waals surface area contributed by atoms with Crippen LogP contribution in [-0.4, -0.2) is 49.6 Å². The molecule has 1 aliphatic heterocycles. The maximum Gasteiger partial charge on any atom is 0.338 e.